The number of carbonyl (C=O) groups excluding carboxylic acids is 2. The molecule has 0 fully saturated rings. The number of hydrogen-bond acceptors (Lipinski definition) is 4. The zero-order chi connectivity index (χ0) is 20.8. The molecule has 0 spiro atoms. The summed E-state index contributed by atoms with van der Waals surface area (Å²) in [5.41, 5.74) is 2.00. The topological polar surface area (TPSA) is 52.6 Å². The lowest BCUT2D eigenvalue weighted by atomic mass is 10.1. The first kappa shape index (κ1) is 23.4. The Bertz CT molecular complexity index is 617. The number of benzene rings is 2. The lowest BCUT2D eigenvalue weighted by Gasteiger charge is -2.06. The molecule has 2 aromatic carbocycles. The molecule has 28 heavy (non-hydrogen) atoms. The van der Waals surface area contributed by atoms with E-state index >= 15 is 0 Å². The molecular formula is C24H32O4. The van der Waals surface area contributed by atoms with Crippen molar-refractivity contribution in [1.82, 2.24) is 0 Å². The average Bonchev–Trinajstić information content (AvgIpc) is 2.67. The first-order valence-electron chi connectivity index (χ1n) is 9.76. The van der Waals surface area contributed by atoms with Gasteiger partial charge in [-0.15, -0.1) is 0 Å². The summed E-state index contributed by atoms with van der Waals surface area (Å²) in [7, 11) is 0. The summed E-state index contributed by atoms with van der Waals surface area (Å²) in [6, 6.07) is 19.3. The predicted molar refractivity (Wildman–Crippen MR) is 112 cm³/mol. The quantitative estimate of drug-likeness (QED) is 0.610. The van der Waals surface area contributed by atoms with Gasteiger partial charge >= 0.3 is 11.9 Å². The van der Waals surface area contributed by atoms with Crippen molar-refractivity contribution in [2.75, 3.05) is 13.2 Å². The van der Waals surface area contributed by atoms with E-state index in [4.69, 9.17) is 9.47 Å². The van der Waals surface area contributed by atoms with Gasteiger partial charge in [0.05, 0.1) is 26.1 Å². The second-order valence-electron chi connectivity index (χ2n) is 7.48. The molecule has 2 aromatic rings. The maximum Gasteiger partial charge on any atom is 0.310 e. The van der Waals surface area contributed by atoms with Gasteiger partial charge in [-0.3, -0.25) is 9.59 Å². The number of carbonyl (C=O) groups is 2. The third-order valence-electron chi connectivity index (χ3n) is 3.54. The zero-order valence-electron chi connectivity index (χ0n) is 17.4. The largest absolute Gasteiger partial charge is 0.465 e. The zero-order valence-corrected chi connectivity index (χ0v) is 17.4. The highest BCUT2D eigenvalue weighted by Crippen LogP contribution is 2.03. The molecule has 0 radical (unpaired) electrons. The van der Waals surface area contributed by atoms with Gasteiger partial charge in [-0.2, -0.15) is 0 Å². The Balaban J connectivity index is 0.000000280. The van der Waals surface area contributed by atoms with Crippen LogP contribution in [0.25, 0.3) is 0 Å². The van der Waals surface area contributed by atoms with Gasteiger partial charge in [0.1, 0.15) is 0 Å². The van der Waals surface area contributed by atoms with E-state index in [0.717, 1.165) is 11.1 Å². The number of ether oxygens (including phenoxy) is 2. The van der Waals surface area contributed by atoms with Crippen molar-refractivity contribution in [2.45, 2.75) is 40.5 Å². The van der Waals surface area contributed by atoms with Crippen LogP contribution in [0.3, 0.4) is 0 Å². The minimum atomic E-state index is -0.148. The standard InChI is InChI=1S/2C12H16O2/c2*1-10(2)9-14-12(13)8-11-6-4-3-5-7-11/h2*3-7,10H,8-9H2,1-2H3. The first-order valence-corrected chi connectivity index (χ1v) is 9.76. The van der Waals surface area contributed by atoms with Crippen LogP contribution in [0.5, 0.6) is 0 Å². The molecule has 0 aliphatic heterocycles. The van der Waals surface area contributed by atoms with Gasteiger partial charge in [0, 0.05) is 0 Å². The van der Waals surface area contributed by atoms with Crippen molar-refractivity contribution in [1.29, 1.82) is 0 Å². The van der Waals surface area contributed by atoms with E-state index in [2.05, 4.69) is 0 Å². The molecular weight excluding hydrogens is 352 g/mol. The number of rotatable bonds is 8. The fourth-order valence-electron chi connectivity index (χ4n) is 2.15. The van der Waals surface area contributed by atoms with Crippen molar-refractivity contribution < 1.29 is 19.1 Å². The monoisotopic (exact) mass is 384 g/mol. The van der Waals surface area contributed by atoms with Gasteiger partial charge in [0.25, 0.3) is 0 Å². The molecule has 0 saturated heterocycles. The lowest BCUT2D eigenvalue weighted by Crippen LogP contribution is -2.12. The first-order chi connectivity index (χ1) is 13.4. The molecule has 0 amide bonds. The van der Waals surface area contributed by atoms with Gasteiger partial charge in [0.2, 0.25) is 0 Å². The highest BCUT2D eigenvalue weighted by Gasteiger charge is 2.05. The Labute approximate surface area is 168 Å². The third-order valence-corrected chi connectivity index (χ3v) is 3.54. The molecule has 4 heteroatoms. The second-order valence-corrected chi connectivity index (χ2v) is 7.48. The minimum absolute atomic E-state index is 0.148. The minimum Gasteiger partial charge on any atom is -0.465 e. The van der Waals surface area contributed by atoms with Crippen LogP contribution in [0.2, 0.25) is 0 Å². The Morgan fingerprint density at radius 3 is 1.25 bits per heavy atom. The maximum atomic E-state index is 11.3. The fraction of sp³-hybridized carbons (Fsp3) is 0.417. The lowest BCUT2D eigenvalue weighted by molar-refractivity contribution is -0.144. The molecule has 0 N–H and O–H groups in total. The van der Waals surface area contributed by atoms with Crippen molar-refractivity contribution in [3.63, 3.8) is 0 Å². The van der Waals surface area contributed by atoms with Crippen molar-refractivity contribution in [3.8, 4) is 0 Å². The summed E-state index contributed by atoms with van der Waals surface area (Å²) in [5.74, 6) is 0.499. The Morgan fingerprint density at radius 2 is 0.964 bits per heavy atom. The normalized spacial score (nSPS) is 10.2. The van der Waals surface area contributed by atoms with Crippen LogP contribution in [0, 0.1) is 11.8 Å². The Hall–Kier alpha value is -2.62. The van der Waals surface area contributed by atoms with Crippen LogP contribution in [0.1, 0.15) is 38.8 Å². The summed E-state index contributed by atoms with van der Waals surface area (Å²) in [6.45, 7) is 9.11. The van der Waals surface area contributed by atoms with Gasteiger partial charge in [-0.1, -0.05) is 88.4 Å². The van der Waals surface area contributed by atoms with Crippen LogP contribution >= 0.6 is 0 Å². The van der Waals surface area contributed by atoms with E-state index in [1.54, 1.807) is 0 Å². The Morgan fingerprint density at radius 1 is 0.643 bits per heavy atom. The maximum absolute atomic E-state index is 11.3. The predicted octanol–water partition coefficient (Wildman–Crippen LogP) is 4.86. The van der Waals surface area contributed by atoms with Gasteiger partial charge < -0.3 is 9.47 Å². The Kier molecular flexibility index (Phi) is 11.3. The average molecular weight is 385 g/mol. The number of esters is 2. The molecule has 0 heterocycles. The van der Waals surface area contributed by atoms with E-state index < -0.39 is 0 Å². The van der Waals surface area contributed by atoms with Crippen molar-refractivity contribution in [2.24, 2.45) is 11.8 Å². The van der Waals surface area contributed by atoms with Crippen LogP contribution in [-0.2, 0) is 31.9 Å². The van der Waals surface area contributed by atoms with E-state index in [1.807, 2.05) is 88.4 Å². The molecule has 0 bridgehead atoms. The molecule has 0 aliphatic carbocycles. The molecule has 0 aromatic heterocycles. The summed E-state index contributed by atoms with van der Waals surface area (Å²) < 4.78 is 10.1. The summed E-state index contributed by atoms with van der Waals surface area (Å²) in [4.78, 5) is 22.6. The van der Waals surface area contributed by atoms with Gasteiger partial charge in [-0.25, -0.2) is 0 Å². The van der Waals surface area contributed by atoms with Crippen LogP contribution in [0.4, 0.5) is 0 Å². The van der Waals surface area contributed by atoms with Crippen LogP contribution in [-0.4, -0.2) is 25.2 Å². The fourth-order valence-corrected chi connectivity index (χ4v) is 2.15. The molecule has 0 atom stereocenters. The summed E-state index contributed by atoms with van der Waals surface area (Å²) in [5, 5.41) is 0. The van der Waals surface area contributed by atoms with E-state index in [1.165, 1.54) is 0 Å². The highest BCUT2D eigenvalue weighted by atomic mass is 16.5. The molecule has 4 nitrogen and oxygen atoms in total. The molecule has 0 saturated carbocycles. The smallest absolute Gasteiger partial charge is 0.310 e. The highest BCUT2D eigenvalue weighted by molar-refractivity contribution is 5.72. The van der Waals surface area contributed by atoms with E-state index in [9.17, 15) is 9.59 Å². The van der Waals surface area contributed by atoms with Crippen LogP contribution in [0.15, 0.2) is 60.7 Å². The second kappa shape index (κ2) is 13.5. The third kappa shape index (κ3) is 11.9. The molecule has 2 rings (SSSR count). The van der Waals surface area contributed by atoms with Crippen molar-refractivity contribution >= 4 is 11.9 Å². The van der Waals surface area contributed by atoms with Crippen LogP contribution < -0.4 is 0 Å². The van der Waals surface area contributed by atoms with Gasteiger partial charge in [-0.05, 0) is 23.0 Å². The number of hydrogen-bond donors (Lipinski definition) is 0. The molecule has 0 aliphatic rings. The van der Waals surface area contributed by atoms with Gasteiger partial charge in [0.15, 0.2) is 0 Å². The summed E-state index contributed by atoms with van der Waals surface area (Å²) in [6.07, 6.45) is 0.737. The van der Waals surface area contributed by atoms with E-state index in [0.29, 0.717) is 37.9 Å². The van der Waals surface area contributed by atoms with Crippen molar-refractivity contribution in [3.05, 3.63) is 71.8 Å². The molecule has 0 unspecified atom stereocenters. The SMILES string of the molecule is CC(C)COC(=O)Cc1ccccc1.CC(C)COC(=O)Cc1ccccc1. The summed E-state index contributed by atoms with van der Waals surface area (Å²) >= 11 is 0. The molecule has 152 valence electrons. The van der Waals surface area contributed by atoms with E-state index in [-0.39, 0.29) is 11.9 Å².